The molecule has 1 aromatic carbocycles. The molecule has 144 valence electrons. The highest BCUT2D eigenvalue weighted by atomic mass is 32.1. The van der Waals surface area contributed by atoms with E-state index in [0.29, 0.717) is 5.57 Å². The quantitative estimate of drug-likeness (QED) is 0.151. The monoisotopic (exact) mass is 374 g/mol. The van der Waals surface area contributed by atoms with Crippen LogP contribution in [0.1, 0.15) is 76.2 Å². The fourth-order valence-electron chi connectivity index (χ4n) is 2.90. The summed E-state index contributed by atoms with van der Waals surface area (Å²) >= 11 is 4.23. The molecule has 0 saturated carbocycles. The lowest BCUT2D eigenvalue weighted by Crippen LogP contribution is -1.97. The smallest absolute Gasteiger partial charge is 0.335 e. The molecule has 0 radical (unpaired) electrons. The Labute approximate surface area is 164 Å². The summed E-state index contributed by atoms with van der Waals surface area (Å²) in [6, 6.07) is 9.79. The molecule has 1 N–H and O–H groups in total. The minimum atomic E-state index is -0.852. The molecule has 0 aromatic heterocycles. The standard InChI is InChI=1S/C23H34O2S/c24-23(25)22(19-18-21-15-11-10-12-16-21)17-13-8-6-4-2-1-3-5-7-9-14-20-26/h10-12,15-19,26H,1-9,13-14,20H2,(H,24,25). The highest BCUT2D eigenvalue weighted by Gasteiger charge is 2.02. The SMILES string of the molecule is O=C(O)C(C=Cc1ccccc1)=CCCCCCCCCCCCCS. The largest absolute Gasteiger partial charge is 0.478 e. The second-order valence-corrected chi connectivity index (χ2v) is 7.20. The third-order valence-electron chi connectivity index (χ3n) is 4.48. The topological polar surface area (TPSA) is 37.3 Å². The highest BCUT2D eigenvalue weighted by molar-refractivity contribution is 7.80. The first-order valence-corrected chi connectivity index (χ1v) is 10.6. The maximum atomic E-state index is 11.3. The van der Waals surface area contributed by atoms with Crippen molar-refractivity contribution in [1.82, 2.24) is 0 Å². The van der Waals surface area contributed by atoms with Crippen molar-refractivity contribution in [2.24, 2.45) is 0 Å². The predicted molar refractivity (Wildman–Crippen MR) is 116 cm³/mol. The summed E-state index contributed by atoms with van der Waals surface area (Å²) in [6.45, 7) is 0. The van der Waals surface area contributed by atoms with Crippen LogP contribution < -0.4 is 0 Å². The van der Waals surface area contributed by atoms with Crippen LogP contribution in [-0.4, -0.2) is 16.8 Å². The van der Waals surface area contributed by atoms with E-state index in [4.69, 9.17) is 0 Å². The van der Waals surface area contributed by atoms with Gasteiger partial charge in [0.1, 0.15) is 0 Å². The van der Waals surface area contributed by atoms with Gasteiger partial charge >= 0.3 is 5.97 Å². The Hall–Kier alpha value is -1.48. The van der Waals surface area contributed by atoms with E-state index in [0.717, 1.165) is 24.2 Å². The van der Waals surface area contributed by atoms with Crippen molar-refractivity contribution in [3.63, 3.8) is 0 Å². The van der Waals surface area contributed by atoms with Crippen LogP contribution in [0.5, 0.6) is 0 Å². The van der Waals surface area contributed by atoms with E-state index in [2.05, 4.69) is 12.6 Å². The van der Waals surface area contributed by atoms with Gasteiger partial charge in [0.15, 0.2) is 0 Å². The molecule has 0 heterocycles. The molecule has 1 aromatic rings. The van der Waals surface area contributed by atoms with Crippen LogP contribution in [0.2, 0.25) is 0 Å². The predicted octanol–water partition coefficient (Wildman–Crippen LogP) is 6.93. The molecular formula is C23H34O2S. The fourth-order valence-corrected chi connectivity index (χ4v) is 3.13. The Morgan fingerprint density at radius 3 is 1.92 bits per heavy atom. The number of allylic oxidation sites excluding steroid dienone is 1. The number of benzene rings is 1. The molecule has 3 heteroatoms. The van der Waals surface area contributed by atoms with Gasteiger partial charge in [0.05, 0.1) is 5.57 Å². The summed E-state index contributed by atoms with van der Waals surface area (Å²) in [6.07, 6.45) is 19.0. The molecule has 0 spiro atoms. The van der Waals surface area contributed by atoms with Gasteiger partial charge in [0, 0.05) is 0 Å². The van der Waals surface area contributed by atoms with Gasteiger partial charge in [0.2, 0.25) is 0 Å². The molecule has 0 saturated heterocycles. The second kappa shape index (κ2) is 15.7. The van der Waals surface area contributed by atoms with E-state index in [1.165, 1.54) is 57.8 Å². The van der Waals surface area contributed by atoms with E-state index in [9.17, 15) is 9.90 Å². The zero-order valence-corrected chi connectivity index (χ0v) is 16.8. The molecule has 0 bridgehead atoms. The van der Waals surface area contributed by atoms with Gasteiger partial charge < -0.3 is 5.11 Å². The molecule has 0 unspecified atom stereocenters. The van der Waals surface area contributed by atoms with Crippen LogP contribution in [0, 0.1) is 0 Å². The Morgan fingerprint density at radius 1 is 0.846 bits per heavy atom. The first-order chi connectivity index (χ1) is 12.7. The van der Waals surface area contributed by atoms with Crippen LogP contribution in [0.15, 0.2) is 48.1 Å². The zero-order valence-electron chi connectivity index (χ0n) is 15.9. The van der Waals surface area contributed by atoms with Crippen molar-refractivity contribution in [3.8, 4) is 0 Å². The van der Waals surface area contributed by atoms with Gasteiger partial charge in [-0.15, -0.1) is 0 Å². The number of carboxylic acids is 1. The maximum Gasteiger partial charge on any atom is 0.335 e. The van der Waals surface area contributed by atoms with Crippen molar-refractivity contribution in [2.75, 3.05) is 5.75 Å². The van der Waals surface area contributed by atoms with E-state index < -0.39 is 5.97 Å². The number of carbonyl (C=O) groups is 1. The Balaban J connectivity index is 2.12. The van der Waals surface area contributed by atoms with Crippen molar-refractivity contribution >= 4 is 24.7 Å². The molecule has 1 rings (SSSR count). The van der Waals surface area contributed by atoms with Crippen molar-refractivity contribution < 1.29 is 9.90 Å². The number of hydrogen-bond donors (Lipinski definition) is 2. The van der Waals surface area contributed by atoms with E-state index >= 15 is 0 Å². The van der Waals surface area contributed by atoms with Crippen LogP contribution in [0.3, 0.4) is 0 Å². The number of thiol groups is 1. The highest BCUT2D eigenvalue weighted by Crippen LogP contribution is 2.13. The Morgan fingerprint density at radius 2 is 1.38 bits per heavy atom. The summed E-state index contributed by atoms with van der Waals surface area (Å²) in [4.78, 5) is 11.3. The van der Waals surface area contributed by atoms with E-state index in [1.807, 2.05) is 42.5 Å². The normalized spacial score (nSPS) is 12.0. The van der Waals surface area contributed by atoms with Gasteiger partial charge in [-0.3, -0.25) is 0 Å². The Bertz CT molecular complexity index is 534. The first kappa shape index (κ1) is 22.6. The van der Waals surface area contributed by atoms with Gasteiger partial charge in [-0.05, 0) is 36.7 Å². The number of rotatable bonds is 15. The maximum absolute atomic E-state index is 11.3. The average molecular weight is 375 g/mol. The minimum Gasteiger partial charge on any atom is -0.478 e. The van der Waals surface area contributed by atoms with Crippen LogP contribution in [-0.2, 0) is 4.79 Å². The summed E-state index contributed by atoms with van der Waals surface area (Å²) in [7, 11) is 0. The zero-order chi connectivity index (χ0) is 18.9. The van der Waals surface area contributed by atoms with Gasteiger partial charge in [-0.1, -0.05) is 93.9 Å². The summed E-state index contributed by atoms with van der Waals surface area (Å²) < 4.78 is 0. The Kier molecular flexibility index (Phi) is 13.7. The molecular weight excluding hydrogens is 340 g/mol. The molecule has 0 aliphatic rings. The lowest BCUT2D eigenvalue weighted by molar-refractivity contribution is -0.132. The molecule has 26 heavy (non-hydrogen) atoms. The fraction of sp³-hybridized carbons (Fsp3) is 0.522. The lowest BCUT2D eigenvalue weighted by Gasteiger charge is -2.02. The molecule has 0 fully saturated rings. The van der Waals surface area contributed by atoms with Gasteiger partial charge in [-0.25, -0.2) is 4.79 Å². The van der Waals surface area contributed by atoms with Crippen molar-refractivity contribution in [2.45, 2.75) is 70.6 Å². The van der Waals surface area contributed by atoms with Crippen LogP contribution in [0.4, 0.5) is 0 Å². The molecule has 0 amide bonds. The molecule has 2 nitrogen and oxygen atoms in total. The molecule has 0 aliphatic heterocycles. The summed E-state index contributed by atoms with van der Waals surface area (Å²) in [5, 5.41) is 9.30. The van der Waals surface area contributed by atoms with Gasteiger partial charge in [0.25, 0.3) is 0 Å². The second-order valence-electron chi connectivity index (χ2n) is 6.76. The third kappa shape index (κ3) is 12.0. The van der Waals surface area contributed by atoms with Crippen LogP contribution >= 0.6 is 12.6 Å². The van der Waals surface area contributed by atoms with E-state index in [-0.39, 0.29) is 0 Å². The minimum absolute atomic E-state index is 0.384. The summed E-state index contributed by atoms with van der Waals surface area (Å²) in [5.74, 6) is 0.162. The van der Waals surface area contributed by atoms with Crippen molar-refractivity contribution in [3.05, 3.63) is 53.6 Å². The molecule has 0 aliphatic carbocycles. The van der Waals surface area contributed by atoms with E-state index in [1.54, 1.807) is 6.08 Å². The number of unbranched alkanes of at least 4 members (excludes halogenated alkanes) is 10. The average Bonchev–Trinajstić information content (AvgIpc) is 2.65. The van der Waals surface area contributed by atoms with Crippen molar-refractivity contribution in [1.29, 1.82) is 0 Å². The summed E-state index contributed by atoms with van der Waals surface area (Å²) in [5.41, 5.74) is 1.40. The van der Waals surface area contributed by atoms with Crippen LogP contribution in [0.25, 0.3) is 6.08 Å². The lowest BCUT2D eigenvalue weighted by atomic mass is 10.0. The number of aliphatic carboxylic acids is 1. The number of hydrogen-bond acceptors (Lipinski definition) is 2. The number of carboxylic acid groups (broad SMARTS) is 1. The first-order valence-electron chi connectivity index (χ1n) is 10.0. The molecule has 0 atom stereocenters. The third-order valence-corrected chi connectivity index (χ3v) is 4.79. The van der Waals surface area contributed by atoms with Gasteiger partial charge in [-0.2, -0.15) is 12.6 Å².